The van der Waals surface area contributed by atoms with Gasteiger partial charge in [-0.05, 0) is 43.4 Å². The molecule has 0 N–H and O–H groups in total. The predicted molar refractivity (Wildman–Crippen MR) is 69.3 cm³/mol. The molecule has 3 heteroatoms. The summed E-state index contributed by atoms with van der Waals surface area (Å²) in [6.45, 7) is 0. The van der Waals surface area contributed by atoms with Gasteiger partial charge in [0.2, 0.25) is 0 Å². The van der Waals surface area contributed by atoms with Gasteiger partial charge in [0, 0.05) is 17.3 Å². The van der Waals surface area contributed by atoms with Crippen LogP contribution < -0.4 is 4.74 Å². The van der Waals surface area contributed by atoms with Crippen molar-refractivity contribution in [3.63, 3.8) is 0 Å². The molecule has 0 amide bonds. The Morgan fingerprint density at radius 1 is 1.12 bits per heavy atom. The van der Waals surface area contributed by atoms with Crippen molar-refractivity contribution in [2.24, 2.45) is 0 Å². The maximum Gasteiger partial charge on any atom is 0.133 e. The van der Waals surface area contributed by atoms with E-state index in [1.165, 1.54) is 5.56 Å². The average molecular weight is 295 g/mol. The Hall–Kier alpha value is -0.830. The molecule has 0 aromatic heterocycles. The van der Waals surface area contributed by atoms with Crippen LogP contribution in [0.1, 0.15) is 37.7 Å². The van der Waals surface area contributed by atoms with Crippen LogP contribution in [0, 0.1) is 0 Å². The fourth-order valence-corrected chi connectivity index (χ4v) is 3.15. The first-order valence-corrected chi connectivity index (χ1v) is 6.95. The van der Waals surface area contributed by atoms with Crippen LogP contribution in [-0.4, -0.2) is 11.4 Å². The highest BCUT2D eigenvalue weighted by Gasteiger charge is 2.39. The van der Waals surface area contributed by atoms with Gasteiger partial charge in [-0.2, -0.15) is 0 Å². The zero-order valence-electron chi connectivity index (χ0n) is 9.67. The third kappa shape index (κ3) is 2.13. The van der Waals surface area contributed by atoms with E-state index in [4.69, 9.17) is 4.74 Å². The Labute approximate surface area is 109 Å². The number of fused-ring (bicyclic) bond motifs is 1. The average Bonchev–Trinajstić information content (AvgIpc) is 2.33. The van der Waals surface area contributed by atoms with Crippen LogP contribution in [0.15, 0.2) is 22.7 Å². The van der Waals surface area contributed by atoms with Crippen molar-refractivity contribution in [3.8, 4) is 5.75 Å². The number of ether oxygens (including phenoxy) is 1. The minimum atomic E-state index is -0.0678. The lowest BCUT2D eigenvalue weighted by molar-refractivity contribution is -0.124. The first kappa shape index (κ1) is 11.3. The van der Waals surface area contributed by atoms with E-state index >= 15 is 0 Å². The second-order valence-electron chi connectivity index (χ2n) is 5.08. The lowest BCUT2D eigenvalue weighted by Gasteiger charge is -2.41. The molecule has 1 spiro atoms. The van der Waals surface area contributed by atoms with E-state index < -0.39 is 0 Å². The number of aryl methyl sites for hydroxylation is 1. The van der Waals surface area contributed by atoms with Crippen molar-refractivity contribution in [1.82, 2.24) is 0 Å². The standard InChI is InChI=1S/C14H15BrO2/c15-11-2-1-10-3-6-14(17-13(10)9-11)7-4-12(16)5-8-14/h1-2,9H,3-8H2. The summed E-state index contributed by atoms with van der Waals surface area (Å²) in [6, 6.07) is 6.23. The molecule has 1 fully saturated rings. The molecule has 1 aromatic rings. The van der Waals surface area contributed by atoms with Gasteiger partial charge in [0.1, 0.15) is 17.1 Å². The Kier molecular flexibility index (Phi) is 2.74. The molecule has 3 rings (SSSR count). The van der Waals surface area contributed by atoms with Gasteiger partial charge in [-0.15, -0.1) is 0 Å². The molecule has 1 aromatic carbocycles. The summed E-state index contributed by atoms with van der Waals surface area (Å²) in [4.78, 5) is 11.3. The molecule has 0 bridgehead atoms. The third-order valence-electron chi connectivity index (χ3n) is 3.92. The first-order chi connectivity index (χ1) is 8.17. The highest BCUT2D eigenvalue weighted by molar-refractivity contribution is 9.10. The number of Topliss-reactive ketones (excluding diaryl/α,β-unsaturated/α-hetero) is 1. The summed E-state index contributed by atoms with van der Waals surface area (Å²) in [6.07, 6.45) is 5.26. The number of rotatable bonds is 0. The minimum absolute atomic E-state index is 0.0678. The Balaban J connectivity index is 1.86. The summed E-state index contributed by atoms with van der Waals surface area (Å²) in [5.41, 5.74) is 1.22. The second kappa shape index (κ2) is 4.13. The van der Waals surface area contributed by atoms with Gasteiger partial charge in [0.05, 0.1) is 0 Å². The number of halogens is 1. The number of ketones is 1. The molecule has 17 heavy (non-hydrogen) atoms. The minimum Gasteiger partial charge on any atom is -0.487 e. The molecule has 0 saturated heterocycles. The zero-order chi connectivity index (χ0) is 11.9. The van der Waals surface area contributed by atoms with Crippen molar-refractivity contribution in [2.75, 3.05) is 0 Å². The summed E-state index contributed by atoms with van der Waals surface area (Å²) in [7, 11) is 0. The summed E-state index contributed by atoms with van der Waals surface area (Å²) in [5, 5.41) is 0. The van der Waals surface area contributed by atoms with E-state index in [1.54, 1.807) is 0 Å². The molecule has 1 saturated carbocycles. The van der Waals surface area contributed by atoms with E-state index in [2.05, 4.69) is 28.1 Å². The van der Waals surface area contributed by atoms with Gasteiger partial charge in [-0.1, -0.05) is 22.0 Å². The van der Waals surface area contributed by atoms with Crippen LogP contribution >= 0.6 is 15.9 Å². The largest absolute Gasteiger partial charge is 0.487 e. The van der Waals surface area contributed by atoms with Gasteiger partial charge in [-0.3, -0.25) is 4.79 Å². The maximum atomic E-state index is 11.3. The van der Waals surface area contributed by atoms with Crippen molar-refractivity contribution >= 4 is 21.7 Å². The quantitative estimate of drug-likeness (QED) is 0.730. The van der Waals surface area contributed by atoms with Crippen LogP contribution in [0.4, 0.5) is 0 Å². The molecule has 0 radical (unpaired) electrons. The van der Waals surface area contributed by atoms with Gasteiger partial charge >= 0.3 is 0 Å². The molecule has 2 aliphatic rings. The van der Waals surface area contributed by atoms with Gasteiger partial charge < -0.3 is 4.74 Å². The highest BCUT2D eigenvalue weighted by Crippen LogP contribution is 2.41. The summed E-state index contributed by atoms with van der Waals surface area (Å²) in [5.74, 6) is 1.39. The van der Waals surface area contributed by atoms with Crippen LogP contribution in [0.25, 0.3) is 0 Å². The van der Waals surface area contributed by atoms with E-state index in [0.29, 0.717) is 18.6 Å². The molecule has 90 valence electrons. The third-order valence-corrected chi connectivity index (χ3v) is 4.42. The fraction of sp³-hybridized carbons (Fsp3) is 0.500. The SMILES string of the molecule is O=C1CCC2(CC1)CCc1ccc(Br)cc1O2. The van der Waals surface area contributed by atoms with Crippen LogP contribution in [0.2, 0.25) is 0 Å². The molecule has 1 aliphatic carbocycles. The van der Waals surface area contributed by atoms with Crippen LogP contribution in [0.3, 0.4) is 0 Å². The van der Waals surface area contributed by atoms with E-state index in [1.807, 2.05) is 6.07 Å². The predicted octanol–water partition coefficient (Wildman–Crippen LogP) is 3.66. The lowest BCUT2D eigenvalue weighted by Crippen LogP contribution is -2.43. The topological polar surface area (TPSA) is 26.3 Å². The molecular formula is C14H15BrO2. The molecule has 0 unspecified atom stereocenters. The van der Waals surface area contributed by atoms with E-state index in [-0.39, 0.29) is 5.60 Å². The van der Waals surface area contributed by atoms with Gasteiger partial charge in [0.15, 0.2) is 0 Å². The number of carbonyl (C=O) groups excluding carboxylic acids is 1. The maximum absolute atomic E-state index is 11.3. The van der Waals surface area contributed by atoms with Crippen molar-refractivity contribution in [2.45, 2.75) is 44.1 Å². The monoisotopic (exact) mass is 294 g/mol. The summed E-state index contributed by atoms with van der Waals surface area (Å²) < 4.78 is 7.26. The Morgan fingerprint density at radius 3 is 2.59 bits per heavy atom. The van der Waals surface area contributed by atoms with Crippen LogP contribution in [0.5, 0.6) is 5.75 Å². The molecule has 2 nitrogen and oxygen atoms in total. The lowest BCUT2D eigenvalue weighted by atomic mass is 9.78. The van der Waals surface area contributed by atoms with E-state index in [0.717, 1.165) is 35.9 Å². The van der Waals surface area contributed by atoms with Crippen molar-refractivity contribution in [1.29, 1.82) is 0 Å². The number of carbonyl (C=O) groups is 1. The Bertz CT molecular complexity index is 457. The van der Waals surface area contributed by atoms with E-state index in [9.17, 15) is 4.79 Å². The number of hydrogen-bond acceptors (Lipinski definition) is 2. The zero-order valence-corrected chi connectivity index (χ0v) is 11.3. The summed E-state index contributed by atoms with van der Waals surface area (Å²) >= 11 is 3.48. The van der Waals surface area contributed by atoms with Crippen molar-refractivity contribution < 1.29 is 9.53 Å². The molecular weight excluding hydrogens is 280 g/mol. The molecule has 1 aliphatic heterocycles. The Morgan fingerprint density at radius 2 is 1.82 bits per heavy atom. The second-order valence-corrected chi connectivity index (χ2v) is 5.99. The van der Waals surface area contributed by atoms with Crippen LogP contribution in [-0.2, 0) is 11.2 Å². The highest BCUT2D eigenvalue weighted by atomic mass is 79.9. The number of hydrogen-bond donors (Lipinski definition) is 0. The smallest absolute Gasteiger partial charge is 0.133 e. The molecule has 1 heterocycles. The van der Waals surface area contributed by atoms with Crippen molar-refractivity contribution in [3.05, 3.63) is 28.2 Å². The fourth-order valence-electron chi connectivity index (χ4n) is 2.81. The van der Waals surface area contributed by atoms with Gasteiger partial charge in [0.25, 0.3) is 0 Å². The number of benzene rings is 1. The first-order valence-electron chi connectivity index (χ1n) is 6.16. The normalized spacial score (nSPS) is 22.1. The van der Waals surface area contributed by atoms with Gasteiger partial charge in [-0.25, -0.2) is 0 Å². The molecule has 0 atom stereocenters.